The van der Waals surface area contributed by atoms with E-state index >= 15 is 0 Å². The summed E-state index contributed by atoms with van der Waals surface area (Å²) < 4.78 is 57.5. The van der Waals surface area contributed by atoms with Gasteiger partial charge in [-0.15, -0.1) is 15.3 Å². The van der Waals surface area contributed by atoms with Crippen molar-refractivity contribution in [3.8, 4) is 40.3 Å². The van der Waals surface area contributed by atoms with Gasteiger partial charge in [0, 0.05) is 18.7 Å². The van der Waals surface area contributed by atoms with Gasteiger partial charge in [-0.2, -0.15) is 4.52 Å². The number of nitrogens with one attached hydrogen (secondary N) is 1. The van der Waals surface area contributed by atoms with Crippen molar-refractivity contribution in [2.75, 3.05) is 40.6 Å². The molecule has 13 heteroatoms. The second-order valence-corrected chi connectivity index (χ2v) is 9.49. The number of sulfonamides is 1. The Labute approximate surface area is 220 Å². The molecule has 0 saturated carbocycles. The van der Waals surface area contributed by atoms with Gasteiger partial charge in [0.25, 0.3) is 0 Å². The van der Waals surface area contributed by atoms with Crippen molar-refractivity contribution in [1.29, 1.82) is 0 Å². The molecule has 2 aromatic carbocycles. The molecule has 0 radical (unpaired) electrons. The van der Waals surface area contributed by atoms with E-state index in [0.717, 1.165) is 0 Å². The molecule has 0 saturated heterocycles. The summed E-state index contributed by atoms with van der Waals surface area (Å²) in [7, 11) is -0.771. The fourth-order valence-corrected chi connectivity index (χ4v) is 4.82. The molecule has 0 aliphatic heterocycles. The zero-order valence-electron chi connectivity index (χ0n) is 21.5. The Bertz CT molecular complexity index is 1510. The third-order valence-electron chi connectivity index (χ3n) is 5.35. The van der Waals surface area contributed by atoms with Gasteiger partial charge >= 0.3 is 0 Å². The SMILES string of the molecule is CCOc1ccc(OCC)c(S(=O)(=O)NCCOc2ccc3nnc(-c4cc(OC)ccc4OC)n3n2)c1. The lowest BCUT2D eigenvalue weighted by Crippen LogP contribution is -2.29. The van der Waals surface area contributed by atoms with Crippen LogP contribution >= 0.6 is 0 Å². The highest BCUT2D eigenvalue weighted by molar-refractivity contribution is 7.89. The van der Waals surface area contributed by atoms with Crippen LogP contribution < -0.4 is 28.4 Å². The van der Waals surface area contributed by atoms with Gasteiger partial charge in [-0.1, -0.05) is 0 Å². The quantitative estimate of drug-likeness (QED) is 0.251. The monoisotopic (exact) mass is 543 g/mol. The smallest absolute Gasteiger partial charge is 0.244 e. The molecule has 38 heavy (non-hydrogen) atoms. The molecule has 0 aliphatic rings. The zero-order chi connectivity index (χ0) is 27.1. The van der Waals surface area contributed by atoms with Crippen LogP contribution in [0.3, 0.4) is 0 Å². The number of ether oxygens (including phenoxy) is 5. The fraction of sp³-hybridized carbons (Fsp3) is 0.320. The van der Waals surface area contributed by atoms with Crippen LogP contribution in [0.5, 0.6) is 28.9 Å². The van der Waals surface area contributed by atoms with Gasteiger partial charge in [0.2, 0.25) is 15.9 Å². The van der Waals surface area contributed by atoms with Gasteiger partial charge < -0.3 is 23.7 Å². The molecule has 2 heterocycles. The van der Waals surface area contributed by atoms with E-state index in [1.54, 1.807) is 63.6 Å². The Hall–Kier alpha value is -4.10. The Morgan fingerprint density at radius 2 is 1.61 bits per heavy atom. The van der Waals surface area contributed by atoms with E-state index in [9.17, 15) is 8.42 Å². The summed E-state index contributed by atoms with van der Waals surface area (Å²) >= 11 is 0. The largest absolute Gasteiger partial charge is 0.497 e. The second kappa shape index (κ2) is 12.0. The molecule has 0 atom stereocenters. The molecule has 202 valence electrons. The van der Waals surface area contributed by atoms with Crippen LogP contribution in [0.2, 0.25) is 0 Å². The summed E-state index contributed by atoms with van der Waals surface area (Å²) in [5, 5.41) is 12.9. The Kier molecular flexibility index (Phi) is 8.48. The van der Waals surface area contributed by atoms with Crippen molar-refractivity contribution < 1.29 is 32.1 Å². The van der Waals surface area contributed by atoms with Crippen molar-refractivity contribution >= 4 is 15.7 Å². The number of hydrogen-bond donors (Lipinski definition) is 1. The molecule has 4 rings (SSSR count). The van der Waals surface area contributed by atoms with Gasteiger partial charge in [0.1, 0.15) is 34.5 Å². The number of aromatic nitrogens is 4. The Balaban J connectivity index is 1.48. The Morgan fingerprint density at radius 3 is 2.34 bits per heavy atom. The lowest BCUT2D eigenvalue weighted by atomic mass is 10.2. The van der Waals surface area contributed by atoms with Gasteiger partial charge in [0.15, 0.2) is 11.5 Å². The first-order chi connectivity index (χ1) is 18.4. The van der Waals surface area contributed by atoms with Gasteiger partial charge in [-0.25, -0.2) is 13.1 Å². The minimum Gasteiger partial charge on any atom is -0.497 e. The van der Waals surface area contributed by atoms with Crippen molar-refractivity contribution in [2.24, 2.45) is 0 Å². The number of benzene rings is 2. The van der Waals surface area contributed by atoms with Crippen LogP contribution in [0, 0.1) is 0 Å². The lowest BCUT2D eigenvalue weighted by Gasteiger charge is -2.14. The van der Waals surface area contributed by atoms with Crippen LogP contribution in [0.15, 0.2) is 53.4 Å². The number of fused-ring (bicyclic) bond motifs is 1. The van der Waals surface area contributed by atoms with Crippen LogP contribution in [0.1, 0.15) is 13.8 Å². The number of rotatable bonds is 13. The van der Waals surface area contributed by atoms with E-state index in [-0.39, 0.29) is 29.7 Å². The van der Waals surface area contributed by atoms with Crippen molar-refractivity contribution in [3.63, 3.8) is 0 Å². The van der Waals surface area contributed by atoms with Crippen molar-refractivity contribution in [2.45, 2.75) is 18.7 Å². The van der Waals surface area contributed by atoms with Gasteiger partial charge in [0.05, 0.1) is 33.0 Å². The molecule has 0 fully saturated rings. The maximum Gasteiger partial charge on any atom is 0.244 e. The zero-order valence-corrected chi connectivity index (χ0v) is 22.3. The summed E-state index contributed by atoms with van der Waals surface area (Å²) in [5.74, 6) is 2.55. The predicted octanol–water partition coefficient (Wildman–Crippen LogP) is 2.96. The maximum absolute atomic E-state index is 13.0. The first-order valence-corrected chi connectivity index (χ1v) is 13.4. The third kappa shape index (κ3) is 5.89. The first-order valence-electron chi connectivity index (χ1n) is 11.9. The minimum atomic E-state index is -3.90. The highest BCUT2D eigenvalue weighted by Gasteiger charge is 2.21. The van der Waals surface area contributed by atoms with Gasteiger partial charge in [-0.05, 0) is 50.2 Å². The van der Waals surface area contributed by atoms with Crippen molar-refractivity contribution in [3.05, 3.63) is 48.5 Å². The maximum atomic E-state index is 13.0. The minimum absolute atomic E-state index is 0.00814. The average Bonchev–Trinajstić information content (AvgIpc) is 3.35. The standard InChI is InChI=1S/C25H29N5O7S/c1-5-35-18-8-10-21(36-6-2)22(16-18)38(31,32)26-13-14-37-24-12-11-23-27-28-25(30(23)29-24)19-15-17(33-3)7-9-20(19)34-4/h7-12,15-16,26H,5-6,13-14H2,1-4H3. The van der Waals surface area contributed by atoms with E-state index in [1.807, 2.05) is 6.92 Å². The fourth-order valence-electron chi connectivity index (χ4n) is 3.64. The summed E-state index contributed by atoms with van der Waals surface area (Å²) in [6, 6.07) is 13.3. The molecule has 4 aromatic rings. The second-order valence-electron chi connectivity index (χ2n) is 7.75. The van der Waals surface area contributed by atoms with E-state index in [4.69, 9.17) is 23.7 Å². The van der Waals surface area contributed by atoms with Crippen LogP contribution in [0.4, 0.5) is 0 Å². The van der Waals surface area contributed by atoms with E-state index in [0.29, 0.717) is 47.5 Å². The number of methoxy groups -OCH3 is 2. The molecule has 12 nitrogen and oxygen atoms in total. The predicted molar refractivity (Wildman–Crippen MR) is 139 cm³/mol. The summed E-state index contributed by atoms with van der Waals surface area (Å²) in [6.07, 6.45) is 0. The molecular formula is C25H29N5O7S. The molecule has 0 bridgehead atoms. The van der Waals surface area contributed by atoms with Crippen LogP contribution in [0.25, 0.3) is 17.0 Å². The van der Waals surface area contributed by atoms with Crippen molar-refractivity contribution in [1.82, 2.24) is 24.5 Å². The van der Waals surface area contributed by atoms with Gasteiger partial charge in [-0.3, -0.25) is 0 Å². The average molecular weight is 544 g/mol. The topological polar surface area (TPSA) is 135 Å². The van der Waals surface area contributed by atoms with E-state index < -0.39 is 10.0 Å². The highest BCUT2D eigenvalue weighted by atomic mass is 32.2. The molecule has 0 unspecified atom stereocenters. The first kappa shape index (κ1) is 26.9. The summed E-state index contributed by atoms with van der Waals surface area (Å²) in [5.41, 5.74) is 1.13. The molecule has 0 spiro atoms. The molecule has 0 amide bonds. The number of hydrogen-bond acceptors (Lipinski definition) is 10. The Morgan fingerprint density at radius 1 is 0.842 bits per heavy atom. The van der Waals surface area contributed by atoms with Crippen LogP contribution in [-0.4, -0.2) is 68.8 Å². The molecule has 0 aliphatic carbocycles. The molecule has 1 N–H and O–H groups in total. The number of nitrogens with zero attached hydrogens (tertiary/aromatic N) is 4. The summed E-state index contributed by atoms with van der Waals surface area (Å²) in [4.78, 5) is -0.00814. The molecule has 2 aromatic heterocycles. The normalized spacial score (nSPS) is 11.4. The van der Waals surface area contributed by atoms with Crippen LogP contribution in [-0.2, 0) is 10.0 Å². The summed E-state index contributed by atoms with van der Waals surface area (Å²) in [6.45, 7) is 4.34. The third-order valence-corrected chi connectivity index (χ3v) is 6.83. The van der Waals surface area contributed by atoms with E-state index in [1.165, 1.54) is 10.6 Å². The lowest BCUT2D eigenvalue weighted by molar-refractivity contribution is 0.305. The van der Waals surface area contributed by atoms with E-state index in [2.05, 4.69) is 20.0 Å². The molecular weight excluding hydrogens is 514 g/mol. The highest BCUT2D eigenvalue weighted by Crippen LogP contribution is 2.32.